The topological polar surface area (TPSA) is 120 Å². The number of carbonyl (C=O) groups is 1. The average Bonchev–Trinajstić information content (AvgIpc) is 3.03. The number of nitrogens with zero attached hydrogens (tertiary/aromatic N) is 3. The van der Waals surface area contributed by atoms with Crippen LogP contribution in [-0.2, 0) is 26.2 Å². The number of β-amino-alcohol motifs (C(OH)–C–C–N with tert-alkyl or cyclic N) is 1. The third-order valence-electron chi connectivity index (χ3n) is 3.35. The van der Waals surface area contributed by atoms with Crippen LogP contribution in [-0.4, -0.2) is 47.6 Å². The first-order valence-electron chi connectivity index (χ1n) is 6.05. The Morgan fingerprint density at radius 3 is 2.86 bits per heavy atom. The van der Waals surface area contributed by atoms with Gasteiger partial charge >= 0.3 is 5.97 Å². The van der Waals surface area contributed by atoms with Gasteiger partial charge in [0.1, 0.15) is 22.3 Å². The van der Waals surface area contributed by atoms with Crippen molar-refractivity contribution in [1.82, 2.24) is 4.31 Å². The van der Waals surface area contributed by atoms with E-state index in [9.17, 15) is 18.3 Å². The standard InChI is InChI=1S/C11H11N3O5S2/c15-6-4-8(11(16)17)14(5-6)21(18,19)9-3-1-2-7-10(9)13-20-12-7/h1-3,6,8,15H,4-5H2,(H,16,17)/t6-,8+/m1/s1. The molecule has 0 spiro atoms. The smallest absolute Gasteiger partial charge is 0.322 e. The number of hydrogen-bond acceptors (Lipinski definition) is 6. The Hall–Kier alpha value is -1.62. The van der Waals surface area contributed by atoms with Crippen LogP contribution in [0, 0.1) is 0 Å². The Labute approximate surface area is 124 Å². The van der Waals surface area contributed by atoms with Gasteiger partial charge in [-0.05, 0) is 12.1 Å². The molecule has 0 radical (unpaired) electrons. The molecular weight excluding hydrogens is 318 g/mol. The van der Waals surface area contributed by atoms with Crippen molar-refractivity contribution in [2.75, 3.05) is 6.54 Å². The number of fused-ring (bicyclic) bond motifs is 1. The highest BCUT2D eigenvalue weighted by Crippen LogP contribution is 2.39. The van der Waals surface area contributed by atoms with Crippen LogP contribution in [0.25, 0.3) is 0 Å². The van der Waals surface area contributed by atoms with E-state index < -0.39 is 28.1 Å². The number of aliphatic hydroxyl groups excluding tert-OH is 1. The first-order chi connectivity index (χ1) is 9.91. The molecule has 2 N–H and O–H groups in total. The predicted octanol–water partition coefficient (Wildman–Crippen LogP) is 0.622. The summed E-state index contributed by atoms with van der Waals surface area (Å²) in [6.07, 6.45) is -1.12. The summed E-state index contributed by atoms with van der Waals surface area (Å²) in [7, 11) is -4.07. The number of benzene rings is 1. The molecule has 0 bridgehead atoms. The van der Waals surface area contributed by atoms with Gasteiger partial charge < -0.3 is 10.2 Å². The zero-order valence-electron chi connectivity index (χ0n) is 10.6. The number of carboxylic acid groups (broad SMARTS) is 1. The minimum atomic E-state index is -4.07. The molecule has 0 amide bonds. The molecule has 2 atom stereocenters. The molecule has 0 aliphatic carbocycles. The summed E-state index contributed by atoms with van der Waals surface area (Å²) < 4.78 is 34.1. The zero-order valence-corrected chi connectivity index (χ0v) is 12.2. The van der Waals surface area contributed by atoms with Crippen molar-refractivity contribution < 1.29 is 23.4 Å². The van der Waals surface area contributed by atoms with Gasteiger partial charge in [0, 0.05) is 13.0 Å². The van der Waals surface area contributed by atoms with Crippen molar-refractivity contribution in [3.8, 4) is 0 Å². The molecule has 2 heterocycles. The number of sulfonamides is 1. The Balaban J connectivity index is 2.08. The summed E-state index contributed by atoms with van der Waals surface area (Å²) in [5.74, 6) is -1.28. The van der Waals surface area contributed by atoms with Crippen LogP contribution in [0.3, 0.4) is 0 Å². The number of carboxylic acids is 1. The molecule has 1 aromatic carbocycles. The highest BCUT2D eigenvalue weighted by Gasteiger charge is 2.44. The lowest BCUT2D eigenvalue weighted by molar-refractivity contribution is -0.140. The van der Waals surface area contributed by atoms with Crippen LogP contribution in [0.4, 0.5) is 11.4 Å². The molecule has 0 saturated carbocycles. The van der Waals surface area contributed by atoms with Gasteiger partial charge in [-0.15, -0.1) is 0 Å². The van der Waals surface area contributed by atoms with Crippen molar-refractivity contribution in [2.24, 2.45) is 8.73 Å². The molecule has 21 heavy (non-hydrogen) atoms. The first kappa shape index (κ1) is 14.3. The number of aliphatic hydroxyl groups is 1. The van der Waals surface area contributed by atoms with E-state index in [0.29, 0.717) is 5.69 Å². The number of aliphatic carboxylic acids is 1. The second-order valence-corrected chi connectivity index (χ2v) is 7.09. The largest absolute Gasteiger partial charge is 0.480 e. The minimum absolute atomic E-state index is 0.0888. The second kappa shape index (κ2) is 4.98. The molecule has 2 aliphatic rings. The van der Waals surface area contributed by atoms with Crippen LogP contribution in [0.2, 0.25) is 0 Å². The summed E-state index contributed by atoms with van der Waals surface area (Å²) in [4.78, 5) is 11.1. The van der Waals surface area contributed by atoms with Gasteiger partial charge in [0.15, 0.2) is 0 Å². The molecule has 1 saturated heterocycles. The van der Waals surface area contributed by atoms with E-state index in [0.717, 1.165) is 15.7 Å². The van der Waals surface area contributed by atoms with E-state index in [-0.39, 0.29) is 23.5 Å². The fraction of sp³-hybridized carbons (Fsp3) is 0.364. The van der Waals surface area contributed by atoms with E-state index in [2.05, 4.69) is 8.73 Å². The van der Waals surface area contributed by atoms with Crippen LogP contribution in [0.1, 0.15) is 6.42 Å². The van der Waals surface area contributed by atoms with Gasteiger partial charge in [-0.3, -0.25) is 4.79 Å². The third kappa shape index (κ3) is 2.29. The van der Waals surface area contributed by atoms with Crippen molar-refractivity contribution in [2.45, 2.75) is 23.5 Å². The molecule has 1 aromatic rings. The second-order valence-electron chi connectivity index (χ2n) is 4.71. The lowest BCUT2D eigenvalue weighted by atomic mass is 10.2. The maximum atomic E-state index is 12.7. The fourth-order valence-electron chi connectivity index (χ4n) is 2.39. The quantitative estimate of drug-likeness (QED) is 0.855. The van der Waals surface area contributed by atoms with E-state index in [4.69, 9.17) is 5.11 Å². The number of rotatable bonds is 3. The molecule has 0 aromatic heterocycles. The van der Waals surface area contributed by atoms with Gasteiger partial charge in [-0.2, -0.15) is 13.0 Å². The van der Waals surface area contributed by atoms with E-state index in [1.165, 1.54) is 12.1 Å². The van der Waals surface area contributed by atoms with Gasteiger partial charge in [0.2, 0.25) is 10.0 Å². The number of hydrogen-bond donors (Lipinski definition) is 2. The Morgan fingerprint density at radius 1 is 1.38 bits per heavy atom. The molecule has 0 unspecified atom stereocenters. The van der Waals surface area contributed by atoms with Gasteiger partial charge in [-0.1, -0.05) is 6.07 Å². The highest BCUT2D eigenvalue weighted by atomic mass is 32.2. The summed E-state index contributed by atoms with van der Waals surface area (Å²) in [5, 5.41) is 18.7. The van der Waals surface area contributed by atoms with Crippen molar-refractivity contribution >= 4 is 38.7 Å². The summed E-state index contributed by atoms with van der Waals surface area (Å²) in [6, 6.07) is 3.25. The summed E-state index contributed by atoms with van der Waals surface area (Å²) >= 11 is 0.885. The van der Waals surface area contributed by atoms with Crippen LogP contribution in [0.5, 0.6) is 0 Å². The van der Waals surface area contributed by atoms with E-state index >= 15 is 0 Å². The highest BCUT2D eigenvalue weighted by molar-refractivity contribution is 7.89. The van der Waals surface area contributed by atoms with Gasteiger partial charge in [0.25, 0.3) is 0 Å². The molecule has 2 aliphatic heterocycles. The average molecular weight is 329 g/mol. The molecule has 3 rings (SSSR count). The Bertz CT molecular complexity index is 785. The molecule has 1 fully saturated rings. The SMILES string of the molecule is O=C(O)[C@@H]1C[C@@H](O)CN1S(=O)(=O)c1cccc2c1N=S=N2. The van der Waals surface area contributed by atoms with Crippen LogP contribution in [0.15, 0.2) is 31.8 Å². The Kier molecular flexibility index (Phi) is 3.40. The van der Waals surface area contributed by atoms with Crippen LogP contribution < -0.4 is 0 Å². The molecular formula is C11H11N3O5S2. The normalized spacial score (nSPS) is 24.8. The lowest BCUT2D eigenvalue weighted by Gasteiger charge is -2.21. The van der Waals surface area contributed by atoms with E-state index in [1.54, 1.807) is 6.07 Å². The third-order valence-corrected chi connectivity index (χ3v) is 5.80. The maximum Gasteiger partial charge on any atom is 0.322 e. The predicted molar refractivity (Wildman–Crippen MR) is 73.9 cm³/mol. The Morgan fingerprint density at radius 2 is 2.14 bits per heavy atom. The zero-order chi connectivity index (χ0) is 15.2. The maximum absolute atomic E-state index is 12.7. The summed E-state index contributed by atoms with van der Waals surface area (Å²) in [6.45, 7) is -0.243. The van der Waals surface area contributed by atoms with Crippen molar-refractivity contribution in [3.63, 3.8) is 0 Å². The van der Waals surface area contributed by atoms with Crippen LogP contribution >= 0.6 is 0 Å². The molecule has 112 valence electrons. The molecule has 8 nitrogen and oxygen atoms in total. The monoisotopic (exact) mass is 329 g/mol. The minimum Gasteiger partial charge on any atom is -0.480 e. The van der Waals surface area contributed by atoms with Gasteiger partial charge in [-0.25, -0.2) is 8.42 Å². The molecule has 10 heteroatoms. The van der Waals surface area contributed by atoms with E-state index in [1.807, 2.05) is 0 Å². The van der Waals surface area contributed by atoms with Gasteiger partial charge in [0.05, 0.1) is 17.5 Å². The summed E-state index contributed by atoms with van der Waals surface area (Å²) in [5.41, 5.74) is 0.653. The van der Waals surface area contributed by atoms with Crippen molar-refractivity contribution in [3.05, 3.63) is 18.2 Å². The fourth-order valence-corrected chi connectivity index (χ4v) is 4.78. The van der Waals surface area contributed by atoms with Crippen molar-refractivity contribution in [1.29, 1.82) is 0 Å². The lowest BCUT2D eigenvalue weighted by Crippen LogP contribution is -2.40. The first-order valence-corrected chi connectivity index (χ1v) is 8.22.